The molecule has 0 aromatic rings. The van der Waals surface area contributed by atoms with Gasteiger partial charge in [-0.15, -0.1) is 6.58 Å². The molecule has 0 aliphatic heterocycles. The molecular weight excluding hydrogens is 420 g/mol. The van der Waals surface area contributed by atoms with Gasteiger partial charge in [0.1, 0.15) is 0 Å². The Labute approximate surface area is 231 Å². The van der Waals surface area contributed by atoms with Gasteiger partial charge in [-0.2, -0.15) is 0 Å². The van der Waals surface area contributed by atoms with Crippen LogP contribution in [0.4, 0.5) is 0 Å². The zero-order chi connectivity index (χ0) is 25.6. The van der Waals surface area contributed by atoms with Crippen molar-refractivity contribution in [3.63, 3.8) is 0 Å². The van der Waals surface area contributed by atoms with Crippen LogP contribution in [-0.4, -0.2) is 0 Å². The number of hydrogen-bond acceptors (Lipinski definition) is 0. The molecule has 0 aliphatic rings. The van der Waals surface area contributed by atoms with Crippen LogP contribution in [0.1, 0.15) is 133 Å². The molecule has 0 bridgehead atoms. The van der Waals surface area contributed by atoms with Crippen LogP contribution in [0.15, 0.2) is 98.7 Å². The average molecular weight is 499 g/mol. The number of unbranched alkanes of at least 4 members (excludes halogenated alkanes) is 1. The van der Waals surface area contributed by atoms with Crippen molar-refractivity contribution in [1.82, 2.24) is 0 Å². The fourth-order valence-electron chi connectivity index (χ4n) is 1.15. The van der Waals surface area contributed by atoms with Crippen LogP contribution < -0.4 is 0 Å². The van der Waals surface area contributed by atoms with Crippen LogP contribution >= 0.6 is 0 Å². The van der Waals surface area contributed by atoms with Crippen LogP contribution in [0.2, 0.25) is 0 Å². The van der Waals surface area contributed by atoms with Gasteiger partial charge in [0.15, 0.2) is 0 Å². The standard InChI is InChI=1S/C13H18.C5H10.C4H6.4C2H6.5CH4/c1-5-8-9-10-11-13(7-3)12(4)6-2;1-3-5-4-2;1-3-4-2;4*1-2;;;;;/h5-10H,2,4,11H2,1,3H3;3H,1,4-5H2,2H3;3-4H,1-2H2;4*1-2H3;5*1H4/b8-5-,10-9-,13-7+;;;;;;;;;;;. The predicted molar refractivity (Wildman–Crippen MR) is 186 cm³/mol. The van der Waals surface area contributed by atoms with Crippen molar-refractivity contribution in [3.8, 4) is 0 Å². The SMILES string of the molecule is C.C.C.C.C.C=CC(=C)/C(=C/C)C/C=C\C=C/C.C=CC=C.C=CCCC.CC.CC.CC.CC. The molecule has 0 rings (SSSR count). The third-order valence-corrected chi connectivity index (χ3v) is 2.44. The maximum atomic E-state index is 3.90. The summed E-state index contributed by atoms with van der Waals surface area (Å²) in [5.41, 5.74) is 2.24. The van der Waals surface area contributed by atoms with E-state index in [9.17, 15) is 0 Å². The summed E-state index contributed by atoms with van der Waals surface area (Å²) >= 11 is 0. The lowest BCUT2D eigenvalue weighted by Gasteiger charge is -2.01. The molecular formula is C35H78. The molecule has 218 valence electrons. The van der Waals surface area contributed by atoms with Gasteiger partial charge in [-0.25, -0.2) is 0 Å². The maximum Gasteiger partial charge on any atom is -0.00919 e. The Morgan fingerprint density at radius 3 is 1.20 bits per heavy atom. The molecule has 0 heterocycles. The number of allylic oxidation sites excluding steroid dienone is 11. The topological polar surface area (TPSA) is 0 Å². The van der Waals surface area contributed by atoms with Crippen molar-refractivity contribution in [2.75, 3.05) is 0 Å². The van der Waals surface area contributed by atoms with Gasteiger partial charge in [0.2, 0.25) is 0 Å². The molecule has 0 amide bonds. The Hall–Kier alpha value is -2.08. The van der Waals surface area contributed by atoms with E-state index in [1.54, 1.807) is 18.2 Å². The van der Waals surface area contributed by atoms with E-state index in [0.29, 0.717) is 0 Å². The summed E-state index contributed by atoms with van der Waals surface area (Å²) in [6.07, 6.45) is 20.6. The molecule has 0 heteroatoms. The average Bonchev–Trinajstić information content (AvgIpc) is 2.85. The molecule has 0 nitrogen and oxygen atoms in total. The van der Waals surface area contributed by atoms with Crippen LogP contribution in [0, 0.1) is 0 Å². The molecule has 0 fully saturated rings. The molecule has 35 heavy (non-hydrogen) atoms. The fourth-order valence-corrected chi connectivity index (χ4v) is 1.15. The Bertz CT molecular complexity index is 380. The lowest BCUT2D eigenvalue weighted by Crippen LogP contribution is -1.82. The minimum Gasteiger partial charge on any atom is -0.103 e. The summed E-state index contributed by atoms with van der Waals surface area (Å²) in [4.78, 5) is 0. The van der Waals surface area contributed by atoms with Gasteiger partial charge in [-0.1, -0.05) is 187 Å². The summed E-state index contributed by atoms with van der Waals surface area (Å²) in [5, 5.41) is 0. The first-order valence-electron chi connectivity index (χ1n) is 11.7. The quantitative estimate of drug-likeness (QED) is 0.230. The van der Waals surface area contributed by atoms with Gasteiger partial charge < -0.3 is 0 Å². The highest BCUT2D eigenvalue weighted by molar-refractivity contribution is 5.37. The largest absolute Gasteiger partial charge is 0.103 e. The highest BCUT2D eigenvalue weighted by Gasteiger charge is 1.93. The Kier molecular flexibility index (Phi) is 264. The van der Waals surface area contributed by atoms with E-state index in [2.05, 4.69) is 52.0 Å². The summed E-state index contributed by atoms with van der Waals surface area (Å²) in [6, 6.07) is 0. The van der Waals surface area contributed by atoms with E-state index in [1.807, 2.05) is 93.5 Å². The maximum absolute atomic E-state index is 3.90. The van der Waals surface area contributed by atoms with Crippen molar-refractivity contribution in [3.05, 3.63) is 98.7 Å². The summed E-state index contributed by atoms with van der Waals surface area (Å²) in [7, 11) is 0. The minimum atomic E-state index is 0. The van der Waals surface area contributed by atoms with Gasteiger partial charge >= 0.3 is 0 Å². The van der Waals surface area contributed by atoms with Crippen molar-refractivity contribution >= 4 is 0 Å². The summed E-state index contributed by atoms with van der Waals surface area (Å²) in [5.74, 6) is 0. The molecule has 0 atom stereocenters. The van der Waals surface area contributed by atoms with Crippen LogP contribution in [-0.2, 0) is 0 Å². The fraction of sp³-hybridized carbons (Fsp3) is 0.543. The van der Waals surface area contributed by atoms with Gasteiger partial charge in [0, 0.05) is 0 Å². The van der Waals surface area contributed by atoms with E-state index in [-0.39, 0.29) is 37.1 Å². The van der Waals surface area contributed by atoms with Crippen molar-refractivity contribution in [1.29, 1.82) is 0 Å². The molecule has 0 saturated carbocycles. The molecule has 0 spiro atoms. The Balaban J connectivity index is -0.0000000206. The second kappa shape index (κ2) is 120. The highest BCUT2D eigenvalue weighted by Crippen LogP contribution is 2.13. The zero-order valence-electron chi connectivity index (χ0n) is 22.9. The molecule has 0 aliphatic carbocycles. The van der Waals surface area contributed by atoms with Crippen molar-refractivity contribution in [2.45, 2.75) is 133 Å². The number of rotatable bonds is 8. The lowest BCUT2D eigenvalue weighted by molar-refractivity contribution is 0.961. The first-order valence-corrected chi connectivity index (χ1v) is 11.7. The first kappa shape index (κ1) is 76.6. The van der Waals surface area contributed by atoms with Gasteiger partial charge in [0.05, 0.1) is 0 Å². The van der Waals surface area contributed by atoms with Crippen molar-refractivity contribution < 1.29 is 0 Å². The monoisotopic (exact) mass is 499 g/mol. The van der Waals surface area contributed by atoms with Gasteiger partial charge in [0.25, 0.3) is 0 Å². The molecule has 0 N–H and O–H groups in total. The van der Waals surface area contributed by atoms with Gasteiger partial charge in [-0.3, -0.25) is 0 Å². The first-order chi connectivity index (χ1) is 14.6. The third-order valence-electron chi connectivity index (χ3n) is 2.44. The normalized spacial score (nSPS) is 7.00. The highest BCUT2D eigenvalue weighted by atomic mass is 14.0. The third kappa shape index (κ3) is 128. The minimum absolute atomic E-state index is 0. The lowest BCUT2D eigenvalue weighted by atomic mass is 10.0. The summed E-state index contributed by atoms with van der Waals surface area (Å²) < 4.78 is 0. The van der Waals surface area contributed by atoms with Crippen LogP contribution in [0.3, 0.4) is 0 Å². The van der Waals surface area contributed by atoms with Crippen molar-refractivity contribution in [2.24, 2.45) is 0 Å². The van der Waals surface area contributed by atoms with E-state index in [4.69, 9.17) is 0 Å². The van der Waals surface area contributed by atoms with Gasteiger partial charge in [-0.05, 0) is 37.8 Å². The van der Waals surface area contributed by atoms with E-state index in [1.165, 1.54) is 12.0 Å². The molecule has 0 aromatic heterocycles. The molecule has 0 unspecified atom stereocenters. The molecule has 0 aromatic carbocycles. The Morgan fingerprint density at radius 1 is 0.657 bits per heavy atom. The zero-order valence-corrected chi connectivity index (χ0v) is 22.9. The molecule has 0 radical (unpaired) electrons. The van der Waals surface area contributed by atoms with Crippen LogP contribution in [0.25, 0.3) is 0 Å². The smallest absolute Gasteiger partial charge is 0.00919 e. The van der Waals surface area contributed by atoms with E-state index in [0.717, 1.165) is 18.4 Å². The van der Waals surface area contributed by atoms with Crippen LogP contribution in [0.5, 0.6) is 0 Å². The second-order valence-electron chi connectivity index (χ2n) is 4.25. The predicted octanol–water partition coefficient (Wildman–Crippen LogP) is 14.8. The summed E-state index contributed by atoms with van der Waals surface area (Å²) in [6.45, 7) is 40.0. The Morgan fingerprint density at radius 2 is 1.03 bits per heavy atom. The van der Waals surface area contributed by atoms with E-state index >= 15 is 0 Å². The number of hydrogen-bond donors (Lipinski definition) is 0. The molecule has 0 saturated heterocycles. The second-order valence-corrected chi connectivity index (χ2v) is 4.25. The van der Waals surface area contributed by atoms with E-state index < -0.39 is 0 Å².